The van der Waals surface area contributed by atoms with Crippen LogP contribution in [-0.2, 0) is 9.47 Å². The van der Waals surface area contributed by atoms with E-state index in [1.54, 1.807) is 13.4 Å². The number of hydrogen-bond acceptors (Lipinski definition) is 6. The molecule has 1 aromatic heterocycles. The Morgan fingerprint density at radius 2 is 1.94 bits per heavy atom. The van der Waals surface area contributed by atoms with E-state index in [0.717, 1.165) is 36.8 Å². The summed E-state index contributed by atoms with van der Waals surface area (Å²) < 4.78 is 10.3. The summed E-state index contributed by atoms with van der Waals surface area (Å²) in [7, 11) is 3.52. The highest BCUT2D eigenvalue weighted by molar-refractivity contribution is 5.55. The molecule has 2 N–H and O–H groups in total. The molecule has 0 bridgehead atoms. The summed E-state index contributed by atoms with van der Waals surface area (Å²) >= 11 is 0. The fourth-order valence-electron chi connectivity index (χ4n) is 1.51. The van der Waals surface area contributed by atoms with Gasteiger partial charge in [-0.2, -0.15) is 0 Å². The third-order valence-electron chi connectivity index (χ3n) is 2.51. The molecule has 1 aromatic rings. The van der Waals surface area contributed by atoms with Crippen molar-refractivity contribution in [1.29, 1.82) is 0 Å². The van der Waals surface area contributed by atoms with E-state index in [1.165, 1.54) is 0 Å². The summed E-state index contributed by atoms with van der Waals surface area (Å²) in [5, 5.41) is 6.31. The van der Waals surface area contributed by atoms with E-state index in [9.17, 15) is 0 Å². The van der Waals surface area contributed by atoms with Gasteiger partial charge in [-0.3, -0.25) is 0 Å². The fraction of sp³-hybridized carbons (Fsp3) is 0.667. The number of nitrogens with zero attached hydrogens (tertiary/aromatic N) is 2. The van der Waals surface area contributed by atoms with Gasteiger partial charge in [0, 0.05) is 32.9 Å². The summed E-state index contributed by atoms with van der Waals surface area (Å²) in [6.45, 7) is 4.83. The molecular weight excluding hydrogens is 232 g/mol. The molecule has 0 saturated heterocycles. The molecule has 0 amide bonds. The van der Waals surface area contributed by atoms with Crippen molar-refractivity contribution in [3.05, 3.63) is 11.9 Å². The Bertz CT molecular complexity index is 347. The van der Waals surface area contributed by atoms with Crippen LogP contribution in [0.15, 0.2) is 6.33 Å². The topological polar surface area (TPSA) is 68.3 Å². The highest BCUT2D eigenvalue weighted by Crippen LogP contribution is 2.16. The van der Waals surface area contributed by atoms with E-state index in [0.29, 0.717) is 13.2 Å². The SMILES string of the molecule is CNc1ncnc(NCCCOCCOC)c1C. The average Bonchev–Trinajstić information content (AvgIpc) is 2.39. The summed E-state index contributed by atoms with van der Waals surface area (Å²) in [5.74, 6) is 1.72. The number of methoxy groups -OCH3 is 1. The van der Waals surface area contributed by atoms with Crippen LogP contribution in [0.4, 0.5) is 11.6 Å². The van der Waals surface area contributed by atoms with Gasteiger partial charge in [0.25, 0.3) is 0 Å². The van der Waals surface area contributed by atoms with Crippen molar-refractivity contribution in [2.75, 3.05) is 51.2 Å². The number of ether oxygens (including phenoxy) is 2. The molecular formula is C12H22N4O2. The van der Waals surface area contributed by atoms with Crippen LogP contribution in [0.5, 0.6) is 0 Å². The quantitative estimate of drug-likeness (QED) is 0.647. The molecule has 0 fully saturated rings. The largest absolute Gasteiger partial charge is 0.382 e. The van der Waals surface area contributed by atoms with Gasteiger partial charge in [0.15, 0.2) is 0 Å². The molecule has 102 valence electrons. The summed E-state index contributed by atoms with van der Waals surface area (Å²) in [5.41, 5.74) is 1.03. The second-order valence-corrected chi connectivity index (χ2v) is 3.83. The summed E-state index contributed by atoms with van der Waals surface area (Å²) in [4.78, 5) is 8.35. The Morgan fingerprint density at radius 3 is 2.67 bits per heavy atom. The van der Waals surface area contributed by atoms with Crippen molar-refractivity contribution in [1.82, 2.24) is 9.97 Å². The molecule has 0 aromatic carbocycles. The van der Waals surface area contributed by atoms with Gasteiger partial charge in [0.05, 0.1) is 13.2 Å². The van der Waals surface area contributed by atoms with E-state index >= 15 is 0 Å². The lowest BCUT2D eigenvalue weighted by atomic mass is 10.3. The fourth-order valence-corrected chi connectivity index (χ4v) is 1.51. The average molecular weight is 254 g/mol. The van der Waals surface area contributed by atoms with Crippen LogP contribution in [0.25, 0.3) is 0 Å². The van der Waals surface area contributed by atoms with Crippen molar-refractivity contribution >= 4 is 11.6 Å². The Kier molecular flexibility index (Phi) is 7.05. The standard InChI is InChI=1S/C12H22N4O2/c1-10-11(13-2)15-9-16-12(10)14-5-4-6-18-8-7-17-3/h9H,4-8H2,1-3H3,(H2,13,14,15,16). The van der Waals surface area contributed by atoms with Crippen LogP contribution in [0.1, 0.15) is 12.0 Å². The van der Waals surface area contributed by atoms with Crippen LogP contribution >= 0.6 is 0 Å². The van der Waals surface area contributed by atoms with Crippen molar-refractivity contribution in [2.45, 2.75) is 13.3 Å². The van der Waals surface area contributed by atoms with Gasteiger partial charge in [-0.1, -0.05) is 0 Å². The van der Waals surface area contributed by atoms with Crippen LogP contribution in [0, 0.1) is 6.92 Å². The first-order chi connectivity index (χ1) is 8.79. The number of hydrogen-bond donors (Lipinski definition) is 2. The van der Waals surface area contributed by atoms with Gasteiger partial charge in [0.2, 0.25) is 0 Å². The van der Waals surface area contributed by atoms with Gasteiger partial charge >= 0.3 is 0 Å². The highest BCUT2D eigenvalue weighted by Gasteiger charge is 2.04. The minimum absolute atomic E-state index is 0.643. The van der Waals surface area contributed by atoms with Crippen molar-refractivity contribution < 1.29 is 9.47 Å². The van der Waals surface area contributed by atoms with Gasteiger partial charge in [-0.05, 0) is 13.3 Å². The van der Waals surface area contributed by atoms with Gasteiger partial charge in [-0.25, -0.2) is 9.97 Å². The molecule has 0 unspecified atom stereocenters. The van der Waals surface area contributed by atoms with Crippen LogP contribution < -0.4 is 10.6 Å². The monoisotopic (exact) mass is 254 g/mol. The lowest BCUT2D eigenvalue weighted by molar-refractivity contribution is 0.0705. The van der Waals surface area contributed by atoms with Gasteiger partial charge < -0.3 is 20.1 Å². The zero-order chi connectivity index (χ0) is 13.2. The molecule has 0 aliphatic rings. The maximum absolute atomic E-state index is 5.38. The molecule has 0 atom stereocenters. The maximum atomic E-state index is 5.38. The Hall–Kier alpha value is -1.40. The smallest absolute Gasteiger partial charge is 0.134 e. The molecule has 18 heavy (non-hydrogen) atoms. The van der Waals surface area contributed by atoms with E-state index < -0.39 is 0 Å². The molecule has 6 nitrogen and oxygen atoms in total. The first-order valence-corrected chi connectivity index (χ1v) is 6.09. The third kappa shape index (κ3) is 4.85. The number of aromatic nitrogens is 2. The van der Waals surface area contributed by atoms with Gasteiger partial charge in [0.1, 0.15) is 18.0 Å². The second kappa shape index (κ2) is 8.66. The maximum Gasteiger partial charge on any atom is 0.134 e. The molecule has 0 radical (unpaired) electrons. The van der Waals surface area contributed by atoms with Crippen molar-refractivity contribution in [3.63, 3.8) is 0 Å². The lowest BCUT2D eigenvalue weighted by Crippen LogP contribution is -2.11. The first kappa shape index (κ1) is 14.7. The minimum Gasteiger partial charge on any atom is -0.382 e. The van der Waals surface area contributed by atoms with Crippen LogP contribution in [0.2, 0.25) is 0 Å². The Morgan fingerprint density at radius 1 is 1.17 bits per heavy atom. The Balaban J connectivity index is 2.23. The van der Waals surface area contributed by atoms with Gasteiger partial charge in [-0.15, -0.1) is 0 Å². The Labute approximate surface area is 108 Å². The van der Waals surface area contributed by atoms with Crippen LogP contribution in [0.3, 0.4) is 0 Å². The zero-order valence-corrected chi connectivity index (χ0v) is 11.3. The number of rotatable bonds is 9. The van der Waals surface area contributed by atoms with Crippen molar-refractivity contribution in [3.8, 4) is 0 Å². The van der Waals surface area contributed by atoms with Crippen molar-refractivity contribution in [2.24, 2.45) is 0 Å². The second-order valence-electron chi connectivity index (χ2n) is 3.83. The van der Waals surface area contributed by atoms with E-state index in [4.69, 9.17) is 9.47 Å². The highest BCUT2D eigenvalue weighted by atomic mass is 16.5. The summed E-state index contributed by atoms with van der Waals surface area (Å²) in [6, 6.07) is 0. The molecule has 0 aliphatic heterocycles. The van der Waals surface area contributed by atoms with E-state index in [-0.39, 0.29) is 0 Å². The molecule has 0 spiro atoms. The lowest BCUT2D eigenvalue weighted by Gasteiger charge is -2.10. The first-order valence-electron chi connectivity index (χ1n) is 6.09. The van der Waals surface area contributed by atoms with Crippen LogP contribution in [-0.4, -0.2) is 50.5 Å². The molecule has 1 rings (SSSR count). The molecule has 1 heterocycles. The number of anilines is 2. The molecule has 0 aliphatic carbocycles. The number of nitrogens with one attached hydrogen (secondary N) is 2. The van der Waals surface area contributed by atoms with E-state index in [1.807, 2.05) is 14.0 Å². The third-order valence-corrected chi connectivity index (χ3v) is 2.51. The zero-order valence-electron chi connectivity index (χ0n) is 11.3. The predicted molar refractivity (Wildman–Crippen MR) is 72.1 cm³/mol. The normalized spacial score (nSPS) is 10.4. The molecule has 0 saturated carbocycles. The molecule has 6 heteroatoms. The van der Waals surface area contributed by atoms with E-state index in [2.05, 4.69) is 20.6 Å². The minimum atomic E-state index is 0.643. The predicted octanol–water partition coefficient (Wildman–Crippen LogP) is 1.29. The summed E-state index contributed by atoms with van der Waals surface area (Å²) in [6.07, 6.45) is 2.48.